The van der Waals surface area contributed by atoms with Crippen LogP contribution in [0, 0.1) is 0 Å². The van der Waals surface area contributed by atoms with Gasteiger partial charge in [-0.05, 0) is 23.8 Å². The molecule has 1 heterocycles. The first-order valence-electron chi connectivity index (χ1n) is 6.59. The monoisotopic (exact) mass is 314 g/mol. The van der Waals surface area contributed by atoms with Gasteiger partial charge in [0.1, 0.15) is 0 Å². The number of nitrogens with two attached hydrogens (primary N) is 1. The maximum absolute atomic E-state index is 12.2. The van der Waals surface area contributed by atoms with Crippen molar-refractivity contribution < 1.29 is 13.2 Å². The predicted molar refractivity (Wildman–Crippen MR) is 87.3 cm³/mol. The molecule has 2 aromatic carbocycles. The second kappa shape index (κ2) is 4.99. The molecule has 0 bridgehead atoms. The van der Waals surface area contributed by atoms with Gasteiger partial charge >= 0.3 is 6.03 Å². The van der Waals surface area contributed by atoms with Crippen LogP contribution in [0.1, 0.15) is 11.1 Å². The Bertz CT molecular complexity index is 901. The van der Waals surface area contributed by atoms with Crippen molar-refractivity contribution in [2.45, 2.75) is 0 Å². The summed E-state index contributed by atoms with van der Waals surface area (Å²) < 4.78 is 24.4. The molecule has 0 saturated heterocycles. The molecule has 1 aliphatic heterocycles. The lowest BCUT2D eigenvalue weighted by molar-refractivity contribution is 0.256. The van der Waals surface area contributed by atoms with E-state index in [0.717, 1.165) is 6.26 Å². The van der Waals surface area contributed by atoms with E-state index >= 15 is 0 Å². The molecule has 0 atom stereocenters. The molecule has 0 radical (unpaired) electrons. The minimum absolute atomic E-state index is 0.166. The number of para-hydroxylation sites is 2. The van der Waals surface area contributed by atoms with Crippen molar-refractivity contribution in [1.82, 2.24) is 0 Å². The van der Waals surface area contributed by atoms with E-state index in [-0.39, 0.29) is 4.91 Å². The first kappa shape index (κ1) is 14.3. The molecule has 6 heteroatoms. The Labute approximate surface area is 128 Å². The number of urea groups is 1. The van der Waals surface area contributed by atoms with Crippen LogP contribution in [0.2, 0.25) is 0 Å². The Balaban J connectivity index is 2.44. The number of amides is 2. The highest BCUT2D eigenvalue weighted by atomic mass is 32.2. The van der Waals surface area contributed by atoms with Gasteiger partial charge in [-0.25, -0.2) is 13.2 Å². The second-order valence-corrected chi connectivity index (χ2v) is 7.01. The number of anilines is 2. The third kappa shape index (κ3) is 2.27. The summed E-state index contributed by atoms with van der Waals surface area (Å²) in [5.41, 5.74) is 7.63. The van der Waals surface area contributed by atoms with E-state index in [1.54, 1.807) is 54.6 Å². The summed E-state index contributed by atoms with van der Waals surface area (Å²) in [5.74, 6) is 0. The molecular formula is C16H14N2O3S. The molecule has 112 valence electrons. The number of carbonyl (C=O) groups excluding carboxylic acids is 1. The van der Waals surface area contributed by atoms with E-state index in [0.29, 0.717) is 22.5 Å². The Kier molecular flexibility index (Phi) is 3.26. The molecular weight excluding hydrogens is 300 g/mol. The van der Waals surface area contributed by atoms with Crippen molar-refractivity contribution in [1.29, 1.82) is 0 Å². The fourth-order valence-corrected chi connectivity index (χ4v) is 3.50. The Morgan fingerprint density at radius 3 is 2.23 bits per heavy atom. The molecule has 0 fully saturated rings. The standard InChI is InChI=1S/C16H14N2O3S/c1-22(20,21)15-10-11-6-2-4-8-13(11)18(16(17)19)14-9-5-3-7-12(14)15/h2-10H,1H3,(H2,17,19). The summed E-state index contributed by atoms with van der Waals surface area (Å²) in [5, 5.41) is 0. The van der Waals surface area contributed by atoms with E-state index < -0.39 is 15.9 Å². The number of primary amides is 1. The number of rotatable bonds is 1. The first-order valence-corrected chi connectivity index (χ1v) is 8.48. The van der Waals surface area contributed by atoms with Crippen LogP contribution in [0.25, 0.3) is 11.0 Å². The normalized spacial score (nSPS) is 13.7. The van der Waals surface area contributed by atoms with Crippen LogP contribution >= 0.6 is 0 Å². The molecule has 5 nitrogen and oxygen atoms in total. The number of hydrogen-bond donors (Lipinski definition) is 1. The van der Waals surface area contributed by atoms with Gasteiger partial charge in [-0.15, -0.1) is 0 Å². The number of nitrogens with zero attached hydrogens (tertiary/aromatic N) is 1. The van der Waals surface area contributed by atoms with Gasteiger partial charge in [0.25, 0.3) is 0 Å². The third-order valence-electron chi connectivity index (χ3n) is 3.49. The molecule has 0 spiro atoms. The quantitative estimate of drug-likeness (QED) is 0.879. The summed E-state index contributed by atoms with van der Waals surface area (Å²) in [6.07, 6.45) is 2.73. The second-order valence-electron chi connectivity index (χ2n) is 5.03. The summed E-state index contributed by atoms with van der Waals surface area (Å²) in [4.78, 5) is 13.5. The molecule has 0 unspecified atom stereocenters. The number of benzene rings is 2. The topological polar surface area (TPSA) is 80.5 Å². The van der Waals surface area contributed by atoms with Crippen LogP contribution < -0.4 is 10.6 Å². The Hall–Kier alpha value is -2.60. The fraction of sp³-hybridized carbons (Fsp3) is 0.0625. The Morgan fingerprint density at radius 1 is 1.00 bits per heavy atom. The van der Waals surface area contributed by atoms with Gasteiger partial charge in [-0.2, -0.15) is 0 Å². The Morgan fingerprint density at radius 2 is 1.59 bits per heavy atom. The number of hydrogen-bond acceptors (Lipinski definition) is 3. The van der Waals surface area contributed by atoms with E-state index in [2.05, 4.69) is 0 Å². The van der Waals surface area contributed by atoms with Gasteiger partial charge < -0.3 is 5.73 Å². The van der Waals surface area contributed by atoms with Gasteiger partial charge in [0.2, 0.25) is 0 Å². The van der Waals surface area contributed by atoms with Gasteiger partial charge in [0.05, 0.1) is 16.3 Å². The average molecular weight is 314 g/mol. The SMILES string of the molecule is CS(=O)(=O)C1=Cc2ccccc2N(C(N)=O)c2ccccc21. The number of fused-ring (bicyclic) bond motifs is 2. The highest BCUT2D eigenvalue weighted by Crippen LogP contribution is 2.41. The number of sulfone groups is 1. The predicted octanol–water partition coefficient (Wildman–Crippen LogP) is 2.76. The highest BCUT2D eigenvalue weighted by molar-refractivity contribution is 8.00. The van der Waals surface area contributed by atoms with E-state index in [4.69, 9.17) is 5.73 Å². The van der Waals surface area contributed by atoms with Crippen LogP contribution in [-0.2, 0) is 9.84 Å². The van der Waals surface area contributed by atoms with Crippen molar-refractivity contribution in [3.05, 3.63) is 59.7 Å². The summed E-state index contributed by atoms with van der Waals surface area (Å²) >= 11 is 0. The van der Waals surface area contributed by atoms with Crippen molar-refractivity contribution in [2.24, 2.45) is 5.73 Å². The largest absolute Gasteiger partial charge is 0.351 e. The molecule has 2 amide bonds. The summed E-state index contributed by atoms with van der Waals surface area (Å²) in [6.45, 7) is 0. The molecule has 2 aromatic rings. The lowest BCUT2D eigenvalue weighted by Crippen LogP contribution is -2.32. The summed E-state index contributed by atoms with van der Waals surface area (Å²) in [6, 6.07) is 13.2. The van der Waals surface area contributed by atoms with E-state index in [1.807, 2.05) is 0 Å². The third-order valence-corrected chi connectivity index (χ3v) is 4.63. The molecule has 2 N–H and O–H groups in total. The van der Waals surface area contributed by atoms with E-state index in [9.17, 15) is 13.2 Å². The van der Waals surface area contributed by atoms with Crippen LogP contribution in [0.15, 0.2) is 48.5 Å². The van der Waals surface area contributed by atoms with Crippen molar-refractivity contribution in [2.75, 3.05) is 11.2 Å². The van der Waals surface area contributed by atoms with Gasteiger partial charge in [-0.1, -0.05) is 36.4 Å². The molecule has 22 heavy (non-hydrogen) atoms. The minimum Gasteiger partial charge on any atom is -0.351 e. The summed E-state index contributed by atoms with van der Waals surface area (Å²) in [7, 11) is -3.47. The molecule has 3 rings (SSSR count). The zero-order valence-corrected chi connectivity index (χ0v) is 12.7. The molecule has 0 saturated carbocycles. The van der Waals surface area contributed by atoms with Crippen LogP contribution in [0.3, 0.4) is 0 Å². The average Bonchev–Trinajstić information content (AvgIpc) is 2.60. The minimum atomic E-state index is -3.47. The highest BCUT2D eigenvalue weighted by Gasteiger charge is 2.28. The van der Waals surface area contributed by atoms with Crippen molar-refractivity contribution >= 4 is 38.2 Å². The van der Waals surface area contributed by atoms with Crippen LogP contribution in [0.5, 0.6) is 0 Å². The maximum Gasteiger partial charge on any atom is 0.323 e. The molecule has 1 aliphatic rings. The number of carbonyl (C=O) groups is 1. The fourth-order valence-electron chi connectivity index (χ4n) is 2.58. The van der Waals surface area contributed by atoms with E-state index in [1.165, 1.54) is 4.90 Å². The van der Waals surface area contributed by atoms with Crippen molar-refractivity contribution in [3.63, 3.8) is 0 Å². The smallest absolute Gasteiger partial charge is 0.323 e. The van der Waals surface area contributed by atoms with Gasteiger partial charge in [0, 0.05) is 11.8 Å². The van der Waals surface area contributed by atoms with Gasteiger partial charge in [0.15, 0.2) is 9.84 Å². The zero-order valence-electron chi connectivity index (χ0n) is 11.9. The van der Waals surface area contributed by atoms with Crippen molar-refractivity contribution in [3.8, 4) is 0 Å². The molecule has 0 aliphatic carbocycles. The zero-order chi connectivity index (χ0) is 15.9. The van der Waals surface area contributed by atoms with Crippen LogP contribution in [0.4, 0.5) is 16.2 Å². The first-order chi connectivity index (χ1) is 10.4. The van der Waals surface area contributed by atoms with Gasteiger partial charge in [-0.3, -0.25) is 4.90 Å². The lowest BCUT2D eigenvalue weighted by atomic mass is 10.1. The van der Waals surface area contributed by atoms with Crippen LogP contribution in [-0.4, -0.2) is 20.7 Å². The maximum atomic E-state index is 12.2. The molecule has 0 aromatic heterocycles. The lowest BCUT2D eigenvalue weighted by Gasteiger charge is -2.22.